The lowest BCUT2D eigenvalue weighted by Gasteiger charge is -2.16. The van der Waals surface area contributed by atoms with Gasteiger partial charge in [-0.05, 0) is 31.4 Å². The minimum absolute atomic E-state index is 0. The van der Waals surface area contributed by atoms with Gasteiger partial charge in [-0.15, -0.1) is 24.0 Å². The van der Waals surface area contributed by atoms with Crippen LogP contribution >= 0.6 is 24.0 Å². The number of fused-ring (bicyclic) bond motifs is 1. The van der Waals surface area contributed by atoms with Crippen LogP contribution in [0.25, 0.3) is 0 Å². The smallest absolute Gasteiger partial charge is 0.191 e. The first-order chi connectivity index (χ1) is 10.8. The molecule has 128 valence electrons. The van der Waals surface area contributed by atoms with Crippen molar-refractivity contribution >= 4 is 29.9 Å². The zero-order valence-corrected chi connectivity index (χ0v) is 15.9. The minimum Gasteiger partial charge on any atom is -0.488 e. The number of aliphatic imine (C=N–C) groups is 1. The molecule has 0 amide bonds. The second-order valence-corrected chi connectivity index (χ2v) is 5.79. The number of rotatable bonds is 5. The molecule has 0 radical (unpaired) electrons. The first-order valence-electron chi connectivity index (χ1n) is 8.23. The maximum Gasteiger partial charge on any atom is 0.191 e. The Morgan fingerprint density at radius 2 is 2.13 bits per heavy atom. The number of hydrogen-bond donors (Lipinski definition) is 2. The van der Waals surface area contributed by atoms with Gasteiger partial charge in [0.25, 0.3) is 0 Å². The Balaban J connectivity index is 0.00000192. The van der Waals surface area contributed by atoms with Crippen LogP contribution in [-0.4, -0.2) is 44.4 Å². The van der Waals surface area contributed by atoms with Gasteiger partial charge >= 0.3 is 0 Å². The minimum atomic E-state index is 0. The number of nitrogens with zero attached hydrogens (tertiary/aromatic N) is 1. The fraction of sp³-hybridized carbons (Fsp3) is 0.588. The molecule has 2 heterocycles. The fourth-order valence-electron chi connectivity index (χ4n) is 2.90. The number of halogens is 1. The summed E-state index contributed by atoms with van der Waals surface area (Å²) in [5.74, 6) is 1.85. The van der Waals surface area contributed by atoms with Gasteiger partial charge in [-0.3, -0.25) is 4.99 Å². The van der Waals surface area contributed by atoms with E-state index in [2.05, 4.69) is 34.7 Å². The molecule has 6 heteroatoms. The number of benzene rings is 1. The Labute approximate surface area is 155 Å². The van der Waals surface area contributed by atoms with E-state index < -0.39 is 0 Å². The second kappa shape index (κ2) is 9.32. The molecule has 0 saturated carbocycles. The molecule has 5 nitrogen and oxygen atoms in total. The van der Waals surface area contributed by atoms with E-state index in [4.69, 9.17) is 9.47 Å². The lowest BCUT2D eigenvalue weighted by Crippen LogP contribution is -2.42. The molecular weight excluding hydrogens is 405 g/mol. The van der Waals surface area contributed by atoms with Crippen molar-refractivity contribution in [3.8, 4) is 5.75 Å². The maximum absolute atomic E-state index is 5.94. The van der Waals surface area contributed by atoms with Crippen LogP contribution in [0.15, 0.2) is 29.3 Å². The lowest BCUT2D eigenvalue weighted by molar-refractivity contribution is 0.117. The lowest BCUT2D eigenvalue weighted by atomic mass is 10.1. The van der Waals surface area contributed by atoms with Crippen molar-refractivity contribution in [2.24, 2.45) is 4.99 Å². The molecule has 2 aliphatic heterocycles. The van der Waals surface area contributed by atoms with Gasteiger partial charge in [0.2, 0.25) is 0 Å². The van der Waals surface area contributed by atoms with E-state index in [0.717, 1.165) is 57.2 Å². The largest absolute Gasteiger partial charge is 0.488 e. The van der Waals surface area contributed by atoms with Crippen molar-refractivity contribution in [3.05, 3.63) is 29.8 Å². The summed E-state index contributed by atoms with van der Waals surface area (Å²) in [6.45, 7) is 5.28. The number of hydrogen-bond acceptors (Lipinski definition) is 3. The Kier molecular flexibility index (Phi) is 7.42. The van der Waals surface area contributed by atoms with E-state index in [1.807, 2.05) is 12.1 Å². The molecule has 2 aliphatic rings. The van der Waals surface area contributed by atoms with Gasteiger partial charge in [-0.25, -0.2) is 0 Å². The first kappa shape index (κ1) is 18.3. The van der Waals surface area contributed by atoms with E-state index in [-0.39, 0.29) is 36.2 Å². The molecule has 2 N–H and O–H groups in total. The SMILES string of the molecule is CCNC(=NCC1CCCO1)NCC1Cc2ccccc2O1.I. The average Bonchev–Trinajstić information content (AvgIpc) is 3.18. The van der Waals surface area contributed by atoms with Crippen LogP contribution in [0.1, 0.15) is 25.3 Å². The summed E-state index contributed by atoms with van der Waals surface area (Å²) < 4.78 is 11.6. The summed E-state index contributed by atoms with van der Waals surface area (Å²) in [5.41, 5.74) is 1.29. The van der Waals surface area contributed by atoms with Crippen molar-refractivity contribution in [2.45, 2.75) is 38.4 Å². The third kappa shape index (κ3) is 5.24. The Hall–Kier alpha value is -1.02. The van der Waals surface area contributed by atoms with E-state index in [1.165, 1.54) is 5.56 Å². The van der Waals surface area contributed by atoms with Crippen LogP contribution < -0.4 is 15.4 Å². The van der Waals surface area contributed by atoms with E-state index in [0.29, 0.717) is 0 Å². The Morgan fingerprint density at radius 3 is 2.87 bits per heavy atom. The van der Waals surface area contributed by atoms with Gasteiger partial charge in [0.15, 0.2) is 5.96 Å². The van der Waals surface area contributed by atoms with Gasteiger partial charge in [0, 0.05) is 19.6 Å². The number of guanidine groups is 1. The van der Waals surface area contributed by atoms with Crippen LogP contribution in [0, 0.1) is 0 Å². The van der Waals surface area contributed by atoms with Crippen molar-refractivity contribution in [3.63, 3.8) is 0 Å². The maximum atomic E-state index is 5.94. The molecule has 1 aromatic carbocycles. The zero-order valence-electron chi connectivity index (χ0n) is 13.6. The molecule has 0 bridgehead atoms. The fourth-order valence-corrected chi connectivity index (χ4v) is 2.90. The third-order valence-electron chi connectivity index (χ3n) is 4.03. The molecule has 1 fully saturated rings. The van der Waals surface area contributed by atoms with Gasteiger partial charge in [-0.1, -0.05) is 18.2 Å². The van der Waals surface area contributed by atoms with Crippen molar-refractivity contribution in [1.29, 1.82) is 0 Å². The highest BCUT2D eigenvalue weighted by Gasteiger charge is 2.22. The number of ether oxygens (including phenoxy) is 2. The van der Waals surface area contributed by atoms with Gasteiger partial charge in [0.1, 0.15) is 11.9 Å². The van der Waals surface area contributed by atoms with Gasteiger partial charge in [0.05, 0.1) is 19.2 Å². The van der Waals surface area contributed by atoms with Crippen LogP contribution in [0.2, 0.25) is 0 Å². The summed E-state index contributed by atoms with van der Waals surface area (Å²) in [7, 11) is 0. The van der Waals surface area contributed by atoms with E-state index in [1.54, 1.807) is 0 Å². The monoisotopic (exact) mass is 431 g/mol. The van der Waals surface area contributed by atoms with Crippen LogP contribution in [-0.2, 0) is 11.2 Å². The van der Waals surface area contributed by atoms with Crippen molar-refractivity contribution in [2.75, 3.05) is 26.2 Å². The summed E-state index contributed by atoms with van der Waals surface area (Å²) in [6.07, 6.45) is 3.67. The molecule has 0 aliphatic carbocycles. The highest BCUT2D eigenvalue weighted by atomic mass is 127. The first-order valence-corrected chi connectivity index (χ1v) is 8.23. The number of para-hydroxylation sites is 1. The molecule has 23 heavy (non-hydrogen) atoms. The highest BCUT2D eigenvalue weighted by molar-refractivity contribution is 14.0. The standard InChI is InChI=1S/C17H25N3O2.HI/c1-2-18-17(19-11-14-7-5-9-21-14)20-12-15-10-13-6-3-4-8-16(13)22-15;/h3-4,6,8,14-15H,2,5,7,9-12H2,1H3,(H2,18,19,20);1H. The van der Waals surface area contributed by atoms with Crippen LogP contribution in [0.4, 0.5) is 0 Å². The molecule has 3 rings (SSSR count). The molecule has 1 aromatic rings. The van der Waals surface area contributed by atoms with Crippen LogP contribution in [0.3, 0.4) is 0 Å². The quantitative estimate of drug-likeness (QED) is 0.427. The second-order valence-electron chi connectivity index (χ2n) is 5.79. The molecular formula is C17H26IN3O2. The Bertz CT molecular complexity index is 493. The van der Waals surface area contributed by atoms with Crippen molar-refractivity contribution < 1.29 is 9.47 Å². The summed E-state index contributed by atoms with van der Waals surface area (Å²) >= 11 is 0. The van der Waals surface area contributed by atoms with E-state index >= 15 is 0 Å². The molecule has 0 spiro atoms. The summed E-state index contributed by atoms with van der Waals surface area (Å²) in [5, 5.41) is 6.66. The topological polar surface area (TPSA) is 54.9 Å². The zero-order chi connectivity index (χ0) is 15.2. The predicted molar refractivity (Wildman–Crippen MR) is 103 cm³/mol. The molecule has 2 unspecified atom stereocenters. The Morgan fingerprint density at radius 1 is 1.26 bits per heavy atom. The van der Waals surface area contributed by atoms with Crippen LogP contribution in [0.5, 0.6) is 5.75 Å². The number of nitrogens with one attached hydrogen (secondary N) is 2. The van der Waals surface area contributed by atoms with Gasteiger partial charge < -0.3 is 20.1 Å². The summed E-state index contributed by atoms with van der Waals surface area (Å²) in [4.78, 5) is 4.62. The predicted octanol–water partition coefficient (Wildman–Crippen LogP) is 2.34. The normalized spacial score (nSPS) is 22.9. The van der Waals surface area contributed by atoms with Gasteiger partial charge in [-0.2, -0.15) is 0 Å². The third-order valence-corrected chi connectivity index (χ3v) is 4.03. The highest BCUT2D eigenvalue weighted by Crippen LogP contribution is 2.27. The van der Waals surface area contributed by atoms with E-state index in [9.17, 15) is 0 Å². The average molecular weight is 431 g/mol. The summed E-state index contributed by atoms with van der Waals surface area (Å²) in [6, 6.07) is 8.24. The van der Waals surface area contributed by atoms with Crippen molar-refractivity contribution in [1.82, 2.24) is 10.6 Å². The molecule has 2 atom stereocenters. The molecule has 0 aromatic heterocycles. The molecule has 1 saturated heterocycles.